The van der Waals surface area contributed by atoms with E-state index in [1.165, 1.54) is 7.11 Å². The van der Waals surface area contributed by atoms with Gasteiger partial charge in [0.25, 0.3) is 0 Å². The van der Waals surface area contributed by atoms with Crippen molar-refractivity contribution in [3.05, 3.63) is 11.6 Å². The van der Waals surface area contributed by atoms with E-state index in [2.05, 4.69) is 13.8 Å². The van der Waals surface area contributed by atoms with E-state index >= 15 is 0 Å². The molecule has 2 unspecified atom stereocenters. The molecule has 6 nitrogen and oxygen atoms in total. The molecule has 3 fully saturated rings. The van der Waals surface area contributed by atoms with Crippen LogP contribution in [0.5, 0.6) is 0 Å². The van der Waals surface area contributed by atoms with Crippen LogP contribution >= 0.6 is 0 Å². The number of carboxylic acid groups (broad SMARTS) is 1. The zero-order chi connectivity index (χ0) is 21.9. The molecule has 4 rings (SSSR count). The van der Waals surface area contributed by atoms with Crippen molar-refractivity contribution in [2.24, 2.45) is 34.5 Å². The first-order valence-corrected chi connectivity index (χ1v) is 11.3. The average molecular weight is 419 g/mol. The van der Waals surface area contributed by atoms with Crippen LogP contribution in [-0.2, 0) is 19.1 Å². The Balaban J connectivity index is 1.73. The Hall–Kier alpha value is -1.69. The van der Waals surface area contributed by atoms with Crippen molar-refractivity contribution in [2.75, 3.05) is 7.11 Å². The highest BCUT2D eigenvalue weighted by Gasteiger charge is 2.66. The van der Waals surface area contributed by atoms with Gasteiger partial charge in [0.2, 0.25) is 0 Å². The maximum Gasteiger partial charge on any atom is 0.309 e. The summed E-state index contributed by atoms with van der Waals surface area (Å²) in [5, 5.41) is 20.7. The van der Waals surface area contributed by atoms with E-state index in [1.54, 1.807) is 6.08 Å². The van der Waals surface area contributed by atoms with Crippen LogP contribution in [0.4, 0.5) is 0 Å². The molecule has 0 amide bonds. The summed E-state index contributed by atoms with van der Waals surface area (Å²) in [5.74, 6) is -0.763. The highest BCUT2D eigenvalue weighted by atomic mass is 16.5. The number of aliphatic carboxylic acids is 1. The summed E-state index contributed by atoms with van der Waals surface area (Å²) >= 11 is 0. The van der Waals surface area contributed by atoms with Gasteiger partial charge in [0, 0.05) is 12.8 Å². The standard InChI is InChI=1S/C24H34O6/c1-22-8-4-15(25)12-14(22)13-16(21(28)30-3)20-17(22)5-9-23(2)18(20)6-10-24(23,29)11-7-19(26)27/h12,16-18,20,29H,4-11,13H2,1-3H3,(H,26,27)/t16?,17-,18-,20+,22-,23-,24?/m0/s1. The smallest absolute Gasteiger partial charge is 0.309 e. The quantitative estimate of drug-likeness (QED) is 0.678. The summed E-state index contributed by atoms with van der Waals surface area (Å²) < 4.78 is 5.20. The predicted octanol–water partition coefficient (Wildman–Crippen LogP) is 3.51. The molecule has 7 atom stereocenters. The third-order valence-corrected chi connectivity index (χ3v) is 9.59. The van der Waals surface area contributed by atoms with Crippen LogP contribution in [0.3, 0.4) is 0 Å². The van der Waals surface area contributed by atoms with Crippen molar-refractivity contribution >= 4 is 17.7 Å². The van der Waals surface area contributed by atoms with Gasteiger partial charge in [-0.25, -0.2) is 0 Å². The molecule has 2 N–H and O–H groups in total. The number of allylic oxidation sites excluding steroid dienone is 1. The Bertz CT molecular complexity index is 802. The molecule has 0 aromatic carbocycles. The van der Waals surface area contributed by atoms with E-state index in [9.17, 15) is 24.6 Å². The predicted molar refractivity (Wildman–Crippen MR) is 109 cm³/mol. The van der Waals surface area contributed by atoms with Gasteiger partial charge in [0.15, 0.2) is 5.78 Å². The maximum atomic E-state index is 12.9. The van der Waals surface area contributed by atoms with Crippen LogP contribution in [0.25, 0.3) is 0 Å². The van der Waals surface area contributed by atoms with Gasteiger partial charge in [0.1, 0.15) is 0 Å². The number of methoxy groups -OCH3 is 1. The molecule has 0 spiro atoms. The average Bonchev–Trinajstić information content (AvgIpc) is 2.97. The number of rotatable bonds is 4. The molecule has 4 aliphatic rings. The topological polar surface area (TPSA) is 101 Å². The van der Waals surface area contributed by atoms with Gasteiger partial charge in [0.05, 0.1) is 18.6 Å². The lowest BCUT2D eigenvalue weighted by atomic mass is 9.44. The maximum absolute atomic E-state index is 12.9. The van der Waals surface area contributed by atoms with Crippen LogP contribution in [-0.4, -0.2) is 40.6 Å². The van der Waals surface area contributed by atoms with Crippen LogP contribution < -0.4 is 0 Å². The number of fused-ring (bicyclic) bond motifs is 5. The van der Waals surface area contributed by atoms with Gasteiger partial charge in [-0.15, -0.1) is 0 Å². The molecule has 0 aromatic heterocycles. The number of ether oxygens (including phenoxy) is 1. The lowest BCUT2D eigenvalue weighted by Crippen LogP contribution is -2.58. The van der Waals surface area contributed by atoms with Crippen molar-refractivity contribution in [1.82, 2.24) is 0 Å². The lowest BCUT2D eigenvalue weighted by molar-refractivity contribution is -0.169. The number of aliphatic hydroxyl groups is 1. The largest absolute Gasteiger partial charge is 0.481 e. The van der Waals surface area contributed by atoms with Crippen LogP contribution in [0.1, 0.15) is 71.6 Å². The van der Waals surface area contributed by atoms with Crippen LogP contribution in [0.15, 0.2) is 11.6 Å². The van der Waals surface area contributed by atoms with Gasteiger partial charge >= 0.3 is 11.9 Å². The fraction of sp³-hybridized carbons (Fsp3) is 0.792. The molecule has 0 bridgehead atoms. The summed E-state index contributed by atoms with van der Waals surface area (Å²) in [5.41, 5.74) is -0.413. The van der Waals surface area contributed by atoms with E-state index in [4.69, 9.17) is 4.74 Å². The SMILES string of the molecule is COC(=O)C1CC2=CC(=O)CC[C@]2(C)[C@H]2CC[C@@]3(C)[C@@H](CCC3(O)CCC(=O)O)[C@H]12. The molecule has 30 heavy (non-hydrogen) atoms. The van der Waals surface area contributed by atoms with Gasteiger partial charge < -0.3 is 14.9 Å². The van der Waals surface area contributed by atoms with Gasteiger partial charge in [-0.2, -0.15) is 0 Å². The number of carbonyl (C=O) groups is 3. The molecule has 4 aliphatic carbocycles. The fourth-order valence-corrected chi connectivity index (χ4v) is 7.79. The normalized spacial score (nSPS) is 45.1. The molecule has 166 valence electrons. The number of ketones is 1. The Morgan fingerprint density at radius 2 is 1.87 bits per heavy atom. The molecule has 0 aromatic rings. The zero-order valence-corrected chi connectivity index (χ0v) is 18.3. The van der Waals surface area contributed by atoms with Crippen molar-refractivity contribution in [3.8, 4) is 0 Å². The van der Waals surface area contributed by atoms with E-state index in [0.29, 0.717) is 19.3 Å². The van der Waals surface area contributed by atoms with E-state index < -0.39 is 17.0 Å². The first-order chi connectivity index (χ1) is 14.1. The summed E-state index contributed by atoms with van der Waals surface area (Å²) in [6.07, 6.45) is 6.99. The first-order valence-electron chi connectivity index (χ1n) is 11.3. The fourth-order valence-electron chi connectivity index (χ4n) is 7.79. The van der Waals surface area contributed by atoms with Crippen molar-refractivity contribution in [3.63, 3.8) is 0 Å². The second kappa shape index (κ2) is 7.18. The number of carbonyl (C=O) groups excluding carboxylic acids is 2. The molecule has 0 heterocycles. The lowest BCUT2D eigenvalue weighted by Gasteiger charge is -2.60. The number of hydrogen-bond acceptors (Lipinski definition) is 5. The van der Waals surface area contributed by atoms with Crippen LogP contribution in [0.2, 0.25) is 0 Å². The summed E-state index contributed by atoms with van der Waals surface area (Å²) in [7, 11) is 1.42. The Morgan fingerprint density at radius 1 is 1.17 bits per heavy atom. The third-order valence-electron chi connectivity index (χ3n) is 9.59. The monoisotopic (exact) mass is 418 g/mol. The summed E-state index contributed by atoms with van der Waals surface area (Å²) in [4.78, 5) is 36.2. The molecule has 0 saturated heterocycles. The second-order valence-corrected chi connectivity index (χ2v) is 10.6. The molecule has 0 aliphatic heterocycles. The number of esters is 1. The van der Waals surface area contributed by atoms with E-state index in [-0.39, 0.29) is 53.7 Å². The highest BCUT2D eigenvalue weighted by molar-refractivity contribution is 5.92. The molecular weight excluding hydrogens is 384 g/mol. The van der Waals surface area contributed by atoms with Gasteiger partial charge in [-0.1, -0.05) is 19.4 Å². The first kappa shape index (κ1) is 21.5. The van der Waals surface area contributed by atoms with Crippen molar-refractivity contribution < 1.29 is 29.3 Å². The molecular formula is C24H34O6. The highest BCUT2D eigenvalue weighted by Crippen LogP contribution is 2.69. The van der Waals surface area contributed by atoms with Gasteiger partial charge in [-0.05, 0) is 79.6 Å². The minimum atomic E-state index is -1.01. The molecule has 6 heteroatoms. The summed E-state index contributed by atoms with van der Waals surface area (Å²) in [6, 6.07) is 0. The zero-order valence-electron chi connectivity index (χ0n) is 18.3. The van der Waals surface area contributed by atoms with E-state index in [0.717, 1.165) is 31.3 Å². The van der Waals surface area contributed by atoms with Gasteiger partial charge in [-0.3, -0.25) is 14.4 Å². The third kappa shape index (κ3) is 2.97. The Labute approximate surface area is 178 Å². The second-order valence-electron chi connectivity index (χ2n) is 10.6. The van der Waals surface area contributed by atoms with E-state index in [1.807, 2.05) is 0 Å². The van der Waals surface area contributed by atoms with Crippen molar-refractivity contribution in [2.45, 2.75) is 77.2 Å². The Kier molecular flexibility index (Phi) is 5.16. The molecule has 0 radical (unpaired) electrons. The minimum Gasteiger partial charge on any atom is -0.481 e. The molecule has 3 saturated carbocycles. The number of hydrogen-bond donors (Lipinski definition) is 2. The van der Waals surface area contributed by atoms with Crippen LogP contribution in [0, 0.1) is 34.5 Å². The van der Waals surface area contributed by atoms with Crippen molar-refractivity contribution in [1.29, 1.82) is 0 Å². The minimum absolute atomic E-state index is 0.0416. The Morgan fingerprint density at radius 3 is 2.53 bits per heavy atom. The number of carboxylic acids is 1. The summed E-state index contributed by atoms with van der Waals surface area (Å²) in [6.45, 7) is 4.36.